The molecule has 0 atom stereocenters. The molecule has 0 aliphatic carbocycles. The number of nitrogens with zero attached hydrogens (tertiary/aromatic N) is 1. The van der Waals surface area contributed by atoms with Gasteiger partial charge in [0.1, 0.15) is 10.7 Å². The van der Waals surface area contributed by atoms with Gasteiger partial charge in [-0.15, -0.1) is 12.4 Å². The zero-order valence-electron chi connectivity index (χ0n) is 11.9. The Hall–Kier alpha value is -0.110. The van der Waals surface area contributed by atoms with Gasteiger partial charge < -0.3 is 5.73 Å². The van der Waals surface area contributed by atoms with E-state index in [1.54, 1.807) is 0 Å². The molecule has 0 amide bonds. The van der Waals surface area contributed by atoms with Crippen molar-refractivity contribution < 1.29 is 12.8 Å². The van der Waals surface area contributed by atoms with Gasteiger partial charge in [-0.1, -0.05) is 37.0 Å². The SMILES string of the molecule is CN(CC(C)(C)CN)S(=O)(=O)c1c(Cl)cc(F)cc1Cl.Cl. The number of nitrogens with two attached hydrogens (primary N) is 1. The van der Waals surface area contributed by atoms with Gasteiger partial charge in [0.15, 0.2) is 0 Å². The number of sulfonamides is 1. The Labute approximate surface area is 140 Å². The molecule has 0 fully saturated rings. The molecule has 4 nitrogen and oxygen atoms in total. The molecule has 0 unspecified atom stereocenters. The van der Waals surface area contributed by atoms with Crippen LogP contribution in [0.5, 0.6) is 0 Å². The third kappa shape index (κ3) is 4.94. The van der Waals surface area contributed by atoms with Crippen LogP contribution in [0.2, 0.25) is 10.0 Å². The summed E-state index contributed by atoms with van der Waals surface area (Å²) in [6.45, 7) is 4.19. The maximum Gasteiger partial charge on any atom is 0.245 e. The zero-order valence-corrected chi connectivity index (χ0v) is 15.0. The number of hydrogen-bond donors (Lipinski definition) is 1. The van der Waals surface area contributed by atoms with Gasteiger partial charge in [0, 0.05) is 13.6 Å². The van der Waals surface area contributed by atoms with Crippen molar-refractivity contribution >= 4 is 45.6 Å². The molecule has 0 saturated carbocycles. The van der Waals surface area contributed by atoms with Crippen molar-refractivity contribution in [1.29, 1.82) is 0 Å². The first-order valence-electron chi connectivity index (χ1n) is 5.82. The lowest BCUT2D eigenvalue weighted by molar-refractivity contribution is 0.292. The summed E-state index contributed by atoms with van der Waals surface area (Å²) in [5.41, 5.74) is 5.19. The molecule has 1 aromatic carbocycles. The van der Waals surface area contributed by atoms with Crippen LogP contribution in [0, 0.1) is 11.2 Å². The minimum absolute atomic E-state index is 0. The first-order valence-corrected chi connectivity index (χ1v) is 8.02. The predicted molar refractivity (Wildman–Crippen MR) is 86.3 cm³/mol. The molecule has 0 bridgehead atoms. The summed E-state index contributed by atoms with van der Waals surface area (Å²) in [5.74, 6) is -0.691. The molecule has 21 heavy (non-hydrogen) atoms. The Morgan fingerprint density at radius 2 is 1.71 bits per heavy atom. The fraction of sp³-hybridized carbons (Fsp3) is 0.500. The molecule has 0 spiro atoms. The van der Waals surface area contributed by atoms with Gasteiger partial charge in [-0.25, -0.2) is 17.1 Å². The van der Waals surface area contributed by atoms with E-state index in [4.69, 9.17) is 28.9 Å². The molecule has 122 valence electrons. The fourth-order valence-corrected chi connectivity index (χ4v) is 4.17. The largest absolute Gasteiger partial charge is 0.330 e. The van der Waals surface area contributed by atoms with Gasteiger partial charge in [-0.2, -0.15) is 0 Å². The zero-order chi connectivity index (χ0) is 15.7. The minimum atomic E-state index is -3.91. The van der Waals surface area contributed by atoms with Gasteiger partial charge in [0.2, 0.25) is 10.0 Å². The third-order valence-electron chi connectivity index (χ3n) is 2.83. The monoisotopic (exact) mass is 378 g/mol. The van der Waals surface area contributed by atoms with Crippen LogP contribution < -0.4 is 5.73 Å². The second-order valence-corrected chi connectivity index (χ2v) is 8.12. The van der Waals surface area contributed by atoms with Crippen LogP contribution in [-0.2, 0) is 10.0 Å². The van der Waals surface area contributed by atoms with Crippen LogP contribution in [-0.4, -0.2) is 32.9 Å². The van der Waals surface area contributed by atoms with Crippen LogP contribution in [0.4, 0.5) is 4.39 Å². The smallest absolute Gasteiger partial charge is 0.245 e. The summed E-state index contributed by atoms with van der Waals surface area (Å²) in [5, 5.41) is -0.486. The molecule has 0 heterocycles. The lowest BCUT2D eigenvalue weighted by Gasteiger charge is -2.28. The molecule has 0 aromatic heterocycles. The Morgan fingerprint density at radius 1 is 1.29 bits per heavy atom. The topological polar surface area (TPSA) is 63.4 Å². The van der Waals surface area contributed by atoms with Crippen LogP contribution >= 0.6 is 35.6 Å². The fourth-order valence-electron chi connectivity index (χ4n) is 1.68. The average Bonchev–Trinajstić information content (AvgIpc) is 2.26. The molecule has 0 aliphatic rings. The quantitative estimate of drug-likeness (QED) is 0.854. The molecule has 1 aromatic rings. The van der Waals surface area contributed by atoms with Crippen molar-refractivity contribution in [3.05, 3.63) is 28.0 Å². The van der Waals surface area contributed by atoms with E-state index in [0.29, 0.717) is 6.54 Å². The van der Waals surface area contributed by atoms with Crippen LogP contribution in [0.3, 0.4) is 0 Å². The lowest BCUT2D eigenvalue weighted by atomic mass is 9.94. The minimum Gasteiger partial charge on any atom is -0.330 e. The van der Waals surface area contributed by atoms with E-state index in [2.05, 4.69) is 0 Å². The van der Waals surface area contributed by atoms with Crippen LogP contribution in [0.25, 0.3) is 0 Å². The van der Waals surface area contributed by atoms with E-state index in [0.717, 1.165) is 16.4 Å². The highest BCUT2D eigenvalue weighted by Crippen LogP contribution is 2.33. The molecular formula is C12H18Cl3FN2O2S. The molecule has 9 heteroatoms. The van der Waals surface area contributed by atoms with Crippen molar-refractivity contribution in [3.63, 3.8) is 0 Å². The van der Waals surface area contributed by atoms with E-state index >= 15 is 0 Å². The maximum absolute atomic E-state index is 13.1. The molecule has 0 saturated heterocycles. The number of rotatable bonds is 5. The van der Waals surface area contributed by atoms with Crippen molar-refractivity contribution in [2.75, 3.05) is 20.1 Å². The normalized spacial score (nSPS) is 12.4. The lowest BCUT2D eigenvalue weighted by Crippen LogP contribution is -2.39. The Balaban J connectivity index is 0.00000400. The second-order valence-electron chi connectivity index (χ2n) is 5.33. The van der Waals surface area contributed by atoms with Crippen LogP contribution in [0.1, 0.15) is 13.8 Å². The Kier molecular flexibility index (Phi) is 7.40. The van der Waals surface area contributed by atoms with E-state index < -0.39 is 21.3 Å². The van der Waals surface area contributed by atoms with Gasteiger partial charge in [0.05, 0.1) is 10.0 Å². The van der Waals surface area contributed by atoms with Crippen molar-refractivity contribution in [2.24, 2.45) is 11.1 Å². The van der Waals surface area contributed by atoms with E-state index in [1.807, 2.05) is 13.8 Å². The van der Waals surface area contributed by atoms with Crippen molar-refractivity contribution in [3.8, 4) is 0 Å². The Morgan fingerprint density at radius 3 is 2.10 bits per heavy atom. The first kappa shape index (κ1) is 20.9. The van der Waals surface area contributed by atoms with Crippen molar-refractivity contribution in [1.82, 2.24) is 4.31 Å². The molecule has 1 rings (SSSR count). The standard InChI is InChI=1S/C12H17Cl2FN2O2S.ClH/c1-12(2,6-16)7-17(3)20(18,19)11-9(13)4-8(15)5-10(11)14;/h4-5H,6-7,16H2,1-3H3;1H. The highest BCUT2D eigenvalue weighted by molar-refractivity contribution is 7.89. The summed E-state index contributed by atoms with van der Waals surface area (Å²) >= 11 is 11.6. The summed E-state index contributed by atoms with van der Waals surface area (Å²) in [4.78, 5) is -0.294. The number of halogens is 4. The average molecular weight is 380 g/mol. The Bertz CT molecular complexity index is 586. The highest BCUT2D eigenvalue weighted by atomic mass is 35.5. The summed E-state index contributed by atoms with van der Waals surface area (Å²) < 4.78 is 39.2. The molecule has 0 aliphatic heterocycles. The summed E-state index contributed by atoms with van der Waals surface area (Å²) in [7, 11) is -2.51. The van der Waals surface area contributed by atoms with Crippen LogP contribution in [0.15, 0.2) is 17.0 Å². The number of benzene rings is 1. The molecule has 0 radical (unpaired) electrons. The maximum atomic E-state index is 13.1. The molecule has 2 N–H and O–H groups in total. The van der Waals surface area contributed by atoms with E-state index in [-0.39, 0.29) is 33.9 Å². The first-order chi connectivity index (χ1) is 9.01. The number of hydrogen-bond acceptors (Lipinski definition) is 3. The van der Waals surface area contributed by atoms with E-state index in [9.17, 15) is 12.8 Å². The molecular weight excluding hydrogens is 362 g/mol. The second kappa shape index (κ2) is 7.44. The van der Waals surface area contributed by atoms with Crippen molar-refractivity contribution in [2.45, 2.75) is 18.7 Å². The summed E-state index contributed by atoms with van der Waals surface area (Å²) in [6.07, 6.45) is 0. The predicted octanol–water partition coefficient (Wildman–Crippen LogP) is 3.16. The van der Waals surface area contributed by atoms with E-state index in [1.165, 1.54) is 7.05 Å². The van der Waals surface area contributed by atoms with Gasteiger partial charge in [-0.3, -0.25) is 0 Å². The van der Waals surface area contributed by atoms with Gasteiger partial charge >= 0.3 is 0 Å². The van der Waals surface area contributed by atoms with Gasteiger partial charge in [0.25, 0.3) is 0 Å². The summed E-state index contributed by atoms with van der Waals surface area (Å²) in [6, 6.07) is 1.84. The third-order valence-corrected chi connectivity index (χ3v) is 5.56. The highest BCUT2D eigenvalue weighted by Gasteiger charge is 2.30. The van der Waals surface area contributed by atoms with Gasteiger partial charge in [-0.05, 0) is 24.1 Å².